The Morgan fingerprint density at radius 1 is 1.24 bits per heavy atom. The van der Waals surface area contributed by atoms with E-state index in [0.29, 0.717) is 9.99 Å². The number of nitrogens with two attached hydrogens (primary N) is 2. The largest absolute Gasteiger partial charge is 0.341 e. The van der Waals surface area contributed by atoms with E-state index in [-0.39, 0.29) is 0 Å². The summed E-state index contributed by atoms with van der Waals surface area (Å²) in [6.07, 6.45) is 5.48. The third kappa shape index (κ3) is 8.75. The molecule has 0 unspecified atom stereocenters. The minimum absolute atomic E-state index is 0.384. The summed E-state index contributed by atoms with van der Waals surface area (Å²) >= 11 is -3.36. The number of halogens is 1. The lowest BCUT2D eigenvalue weighted by Gasteiger charge is -1.96. The Morgan fingerprint density at radius 3 is 2.12 bits per heavy atom. The second-order valence-corrected chi connectivity index (χ2v) is 6.36. The van der Waals surface area contributed by atoms with Gasteiger partial charge in [-0.25, -0.2) is 16.4 Å². The van der Waals surface area contributed by atoms with E-state index in [1.54, 1.807) is 24.3 Å². The average Bonchev–Trinajstić information content (AvgIpc) is 2.16. The molecule has 4 N–H and O–H groups in total. The van der Waals surface area contributed by atoms with Crippen LogP contribution in [0.5, 0.6) is 0 Å². The number of hydrogen-bond donors (Lipinski definition) is 2. The fourth-order valence-corrected chi connectivity index (χ4v) is 2.34. The quantitative estimate of drug-likeness (QED) is 0.577. The highest BCUT2D eigenvalue weighted by Gasteiger charge is 2.03. The van der Waals surface area contributed by atoms with Crippen molar-refractivity contribution in [2.45, 2.75) is 6.42 Å². The molecule has 0 aliphatic heterocycles. The summed E-state index contributed by atoms with van der Waals surface area (Å²) in [5.41, 5.74) is 0.732. The van der Waals surface area contributed by atoms with Crippen LogP contribution in [-0.2, 0) is 22.8 Å². The molecule has 0 amide bonds. The highest BCUT2D eigenvalue weighted by atomic mass is 127. The van der Waals surface area contributed by atoms with Crippen molar-refractivity contribution < 1.29 is 14.6 Å². The van der Waals surface area contributed by atoms with Gasteiger partial charge in [-0.05, 0) is 11.6 Å². The van der Waals surface area contributed by atoms with Crippen molar-refractivity contribution in [3.8, 4) is 12.3 Å². The standard InChI is InChI=1S/C9H7IO2.H4N2O2S/c1-2-5-8-6-3-4-7-9(8)10(11)12;1-5(2,3)4/h1,3-4,6-7H,5H2;(H4,1,2,3,4). The Kier molecular flexibility index (Phi) is 6.89. The lowest BCUT2D eigenvalue weighted by Crippen LogP contribution is -2.21. The zero-order valence-corrected chi connectivity index (χ0v) is 11.6. The van der Waals surface area contributed by atoms with Gasteiger partial charge in [0.15, 0.2) is 0 Å². The van der Waals surface area contributed by atoms with Gasteiger partial charge >= 0.3 is 19.8 Å². The molecule has 0 heterocycles. The molecule has 17 heavy (non-hydrogen) atoms. The maximum absolute atomic E-state index is 10.8. The molecule has 6 nitrogen and oxygen atoms in total. The Balaban J connectivity index is 0.000000437. The van der Waals surface area contributed by atoms with E-state index < -0.39 is 30.0 Å². The summed E-state index contributed by atoms with van der Waals surface area (Å²) in [4.78, 5) is 0. The van der Waals surface area contributed by atoms with Crippen molar-refractivity contribution in [1.82, 2.24) is 0 Å². The topological polar surface area (TPSA) is 120 Å². The molecular weight excluding hydrogens is 359 g/mol. The smallest absolute Gasteiger partial charge is 0.230 e. The first-order valence-corrected chi connectivity index (χ1v) is 8.58. The highest BCUT2D eigenvalue weighted by Crippen LogP contribution is 2.21. The molecule has 1 rings (SSSR count). The molecule has 0 radical (unpaired) electrons. The SMILES string of the molecule is C#CCc1ccccc1I(=O)=O.NS(N)(=O)=O. The number of terminal acetylenes is 1. The van der Waals surface area contributed by atoms with Crippen molar-refractivity contribution in [2.24, 2.45) is 10.3 Å². The lowest BCUT2D eigenvalue weighted by atomic mass is 10.2. The molecule has 0 aliphatic carbocycles. The van der Waals surface area contributed by atoms with Crippen LogP contribution in [0.3, 0.4) is 0 Å². The van der Waals surface area contributed by atoms with E-state index in [2.05, 4.69) is 16.2 Å². The first-order chi connectivity index (χ1) is 7.75. The molecule has 0 aromatic heterocycles. The molecule has 1 aromatic carbocycles. The van der Waals surface area contributed by atoms with Crippen LogP contribution in [-0.4, -0.2) is 8.42 Å². The Bertz CT molecular complexity index is 571. The van der Waals surface area contributed by atoms with Crippen molar-refractivity contribution in [1.29, 1.82) is 0 Å². The summed E-state index contributed by atoms with van der Waals surface area (Å²) in [7, 11) is -3.67. The van der Waals surface area contributed by atoms with E-state index in [1.165, 1.54) is 0 Å². The zero-order chi connectivity index (χ0) is 13.5. The fraction of sp³-hybridized carbons (Fsp3) is 0.111. The molecule has 0 aliphatic rings. The van der Waals surface area contributed by atoms with Crippen LogP contribution >= 0.6 is 19.8 Å². The van der Waals surface area contributed by atoms with Crippen molar-refractivity contribution in [2.75, 3.05) is 0 Å². The van der Waals surface area contributed by atoms with Crippen LogP contribution in [0.2, 0.25) is 0 Å². The normalized spacial score (nSPS) is 10.2. The van der Waals surface area contributed by atoms with Gasteiger partial charge in [0, 0.05) is 6.42 Å². The minimum atomic E-state index is -3.67. The second-order valence-electron chi connectivity index (χ2n) is 2.78. The van der Waals surface area contributed by atoms with Gasteiger partial charge in [-0.1, -0.05) is 18.2 Å². The third-order valence-corrected chi connectivity index (χ3v) is 3.42. The van der Waals surface area contributed by atoms with Crippen LogP contribution in [0, 0.1) is 15.9 Å². The molecule has 0 spiro atoms. The van der Waals surface area contributed by atoms with Gasteiger partial charge in [0.1, 0.15) is 0 Å². The molecule has 1 aromatic rings. The summed E-state index contributed by atoms with van der Waals surface area (Å²) in [6, 6.07) is 6.83. The molecule has 0 atom stereocenters. The molecule has 8 heteroatoms. The highest BCUT2D eigenvalue weighted by molar-refractivity contribution is 14.2. The van der Waals surface area contributed by atoms with Crippen molar-refractivity contribution in [3.05, 3.63) is 33.4 Å². The summed E-state index contributed by atoms with van der Waals surface area (Å²) < 4.78 is 40.3. The average molecular weight is 370 g/mol. The van der Waals surface area contributed by atoms with Crippen LogP contribution in [0.4, 0.5) is 0 Å². The van der Waals surface area contributed by atoms with Crippen LogP contribution in [0.15, 0.2) is 24.3 Å². The van der Waals surface area contributed by atoms with Crippen LogP contribution in [0.25, 0.3) is 0 Å². The second kappa shape index (κ2) is 7.33. The van der Waals surface area contributed by atoms with E-state index >= 15 is 0 Å². The maximum Gasteiger partial charge on any atom is 0.341 e. The minimum Gasteiger partial charge on any atom is -0.230 e. The van der Waals surface area contributed by atoms with Gasteiger partial charge in [-0.3, -0.25) is 0 Å². The van der Waals surface area contributed by atoms with Crippen LogP contribution in [0.1, 0.15) is 5.56 Å². The predicted octanol–water partition coefficient (Wildman–Crippen LogP) is 0.378. The predicted molar refractivity (Wildman–Crippen MR) is 70.4 cm³/mol. The first-order valence-electron chi connectivity index (χ1n) is 4.13. The molecule has 0 bridgehead atoms. The molecule has 0 saturated heterocycles. The Hall–Kier alpha value is -1.02. The Morgan fingerprint density at radius 2 is 1.71 bits per heavy atom. The molecule has 0 fully saturated rings. The number of benzene rings is 1. The summed E-state index contributed by atoms with van der Waals surface area (Å²) in [5.74, 6) is 2.43. The fourth-order valence-electron chi connectivity index (χ4n) is 0.902. The summed E-state index contributed by atoms with van der Waals surface area (Å²) in [6.45, 7) is 0. The number of rotatable bonds is 2. The maximum atomic E-state index is 10.8. The van der Waals surface area contributed by atoms with Gasteiger partial charge in [-0.15, -0.1) is 12.3 Å². The van der Waals surface area contributed by atoms with Crippen molar-refractivity contribution >= 4 is 30.0 Å². The van der Waals surface area contributed by atoms with E-state index in [4.69, 9.17) is 6.42 Å². The van der Waals surface area contributed by atoms with E-state index in [1.807, 2.05) is 0 Å². The van der Waals surface area contributed by atoms with Gasteiger partial charge in [-0.2, -0.15) is 8.42 Å². The monoisotopic (exact) mass is 370 g/mol. The van der Waals surface area contributed by atoms with Gasteiger partial charge < -0.3 is 0 Å². The van der Waals surface area contributed by atoms with E-state index in [9.17, 15) is 14.6 Å². The van der Waals surface area contributed by atoms with Gasteiger partial charge in [0.05, 0.1) is 3.57 Å². The van der Waals surface area contributed by atoms with Gasteiger partial charge in [0.25, 0.3) is 10.2 Å². The van der Waals surface area contributed by atoms with Crippen LogP contribution < -0.4 is 10.3 Å². The summed E-state index contributed by atoms with van der Waals surface area (Å²) in [5, 5.41) is 8.21. The zero-order valence-electron chi connectivity index (χ0n) is 8.67. The molecular formula is C9H11IN2O4S. The van der Waals surface area contributed by atoms with Gasteiger partial charge in [0.2, 0.25) is 0 Å². The molecule has 94 valence electrons. The lowest BCUT2D eigenvalue weighted by molar-refractivity contribution is 0.599. The first kappa shape index (κ1) is 16.0. The number of hydrogen-bond acceptors (Lipinski definition) is 4. The molecule has 0 saturated carbocycles. The van der Waals surface area contributed by atoms with E-state index in [0.717, 1.165) is 5.56 Å². The third-order valence-electron chi connectivity index (χ3n) is 1.42. The Labute approximate surface area is 107 Å². The van der Waals surface area contributed by atoms with Crippen molar-refractivity contribution in [3.63, 3.8) is 0 Å².